The van der Waals surface area contributed by atoms with Gasteiger partial charge in [0.15, 0.2) is 11.6 Å². The molecule has 356 valence electrons. The van der Waals surface area contributed by atoms with Crippen LogP contribution in [0.3, 0.4) is 0 Å². The fraction of sp³-hybridized carbons (Fsp3) is 0.375. The second kappa shape index (κ2) is 19.5. The van der Waals surface area contributed by atoms with E-state index in [0.717, 1.165) is 35.3 Å². The molecular formula is C48H52F2N10O8. The summed E-state index contributed by atoms with van der Waals surface area (Å²) >= 11 is 0. The number of aromatic nitrogens is 4. The Morgan fingerprint density at radius 3 is 1.49 bits per heavy atom. The summed E-state index contributed by atoms with van der Waals surface area (Å²) in [5, 5.41) is 13.9. The van der Waals surface area contributed by atoms with Crippen LogP contribution in [0.2, 0.25) is 0 Å². The van der Waals surface area contributed by atoms with Crippen LogP contribution in [0.1, 0.15) is 37.8 Å². The van der Waals surface area contributed by atoms with Crippen molar-refractivity contribution >= 4 is 68.1 Å². The first-order chi connectivity index (χ1) is 32.9. The number of benzene rings is 2. The minimum atomic E-state index is -0.614. The van der Waals surface area contributed by atoms with Gasteiger partial charge in [0.1, 0.15) is 48.4 Å². The molecule has 4 aromatic heterocycles. The number of nitrogen functional groups attached to an aromatic ring is 2. The quantitative estimate of drug-likeness (QED) is 0.0788. The molecule has 8 N–H and O–H groups in total. The van der Waals surface area contributed by atoms with Crippen LogP contribution >= 0.6 is 0 Å². The zero-order valence-electron chi connectivity index (χ0n) is 38.0. The number of carbonyl (C=O) groups excluding carboxylic acids is 2. The molecule has 68 heavy (non-hydrogen) atoms. The molecule has 0 unspecified atom stereocenters. The number of carbonyl (C=O) groups is 2. The van der Waals surface area contributed by atoms with E-state index in [1.165, 1.54) is 12.4 Å². The highest BCUT2D eigenvalue weighted by Crippen LogP contribution is 2.41. The molecule has 4 aliphatic heterocycles. The van der Waals surface area contributed by atoms with Gasteiger partial charge in [0.05, 0.1) is 37.8 Å². The fourth-order valence-electron chi connectivity index (χ4n) is 8.83. The molecular weight excluding hydrogens is 883 g/mol. The zero-order valence-corrected chi connectivity index (χ0v) is 38.0. The van der Waals surface area contributed by atoms with Gasteiger partial charge in [-0.2, -0.15) is 0 Å². The van der Waals surface area contributed by atoms with Gasteiger partial charge in [0.25, 0.3) is 0 Å². The van der Waals surface area contributed by atoms with Crippen LogP contribution in [-0.4, -0.2) is 97.1 Å². The first-order valence-corrected chi connectivity index (χ1v) is 22.5. The number of anilines is 6. The Bertz CT molecular complexity index is 2730. The van der Waals surface area contributed by atoms with Crippen molar-refractivity contribution in [2.24, 2.45) is 11.8 Å². The number of amides is 2. The van der Waals surface area contributed by atoms with Gasteiger partial charge >= 0.3 is 12.2 Å². The van der Waals surface area contributed by atoms with Gasteiger partial charge in [-0.1, -0.05) is 13.8 Å². The van der Waals surface area contributed by atoms with Crippen molar-refractivity contribution in [1.29, 1.82) is 0 Å². The summed E-state index contributed by atoms with van der Waals surface area (Å²) in [5.74, 6) is 0.782. The van der Waals surface area contributed by atoms with E-state index in [9.17, 15) is 9.59 Å². The number of nitrogens with two attached hydrogens (primary N) is 2. The molecule has 4 atom stereocenters. The van der Waals surface area contributed by atoms with Crippen molar-refractivity contribution in [1.82, 2.24) is 19.9 Å². The molecule has 0 bridgehead atoms. The number of nitrogens with one attached hydrogen (secondary N) is 4. The molecule has 0 aliphatic carbocycles. The maximum atomic E-state index is 15.3. The minimum absolute atomic E-state index is 0.0238. The van der Waals surface area contributed by atoms with Crippen LogP contribution in [-0.2, 0) is 18.9 Å². The molecule has 8 heterocycles. The zero-order chi connectivity index (χ0) is 47.6. The maximum Gasteiger partial charge on any atom is 0.413 e. The lowest BCUT2D eigenvalue weighted by Gasteiger charge is -2.22. The van der Waals surface area contributed by atoms with Gasteiger partial charge in [-0.25, -0.2) is 38.3 Å². The molecule has 0 saturated carbocycles. The van der Waals surface area contributed by atoms with Crippen molar-refractivity contribution in [3.63, 3.8) is 0 Å². The van der Waals surface area contributed by atoms with Gasteiger partial charge in [-0.15, -0.1) is 0 Å². The maximum absolute atomic E-state index is 15.3. The summed E-state index contributed by atoms with van der Waals surface area (Å²) in [5.41, 5.74) is 17.1. The van der Waals surface area contributed by atoms with E-state index in [1.807, 2.05) is 27.7 Å². The summed E-state index contributed by atoms with van der Waals surface area (Å²) in [4.78, 5) is 41.9. The lowest BCUT2D eigenvalue weighted by Crippen LogP contribution is -2.28. The van der Waals surface area contributed by atoms with Crippen molar-refractivity contribution in [3.8, 4) is 34.0 Å². The van der Waals surface area contributed by atoms with Crippen LogP contribution in [0.25, 0.3) is 43.8 Å². The predicted octanol–water partition coefficient (Wildman–Crippen LogP) is 8.21. The third-order valence-corrected chi connectivity index (χ3v) is 12.8. The van der Waals surface area contributed by atoms with Gasteiger partial charge in [0, 0.05) is 82.7 Å². The molecule has 0 spiro atoms. The van der Waals surface area contributed by atoms with E-state index < -0.39 is 23.8 Å². The predicted molar refractivity (Wildman–Crippen MR) is 253 cm³/mol. The molecule has 2 saturated heterocycles. The minimum Gasteiger partial charge on any atom is -0.474 e. The fourth-order valence-corrected chi connectivity index (χ4v) is 8.83. The topological polar surface area (TPSA) is 241 Å². The van der Waals surface area contributed by atoms with Crippen LogP contribution in [0.5, 0.6) is 11.8 Å². The monoisotopic (exact) mass is 934 g/mol. The number of pyridine rings is 4. The third kappa shape index (κ3) is 9.07. The number of nitrogens with zero attached hydrogens (tertiary/aromatic N) is 4. The van der Waals surface area contributed by atoms with Crippen molar-refractivity contribution in [2.75, 3.05) is 85.5 Å². The summed E-state index contributed by atoms with van der Waals surface area (Å²) in [6, 6.07) is 6.64. The molecule has 2 aromatic carbocycles. The Morgan fingerprint density at radius 1 is 0.647 bits per heavy atom. The second-order valence-corrected chi connectivity index (χ2v) is 16.9. The molecule has 20 heteroatoms. The van der Waals surface area contributed by atoms with E-state index in [-0.39, 0.29) is 47.1 Å². The summed E-state index contributed by atoms with van der Waals surface area (Å²) < 4.78 is 63.6. The molecule has 6 aromatic rings. The van der Waals surface area contributed by atoms with Gasteiger partial charge in [0.2, 0.25) is 11.8 Å². The third-order valence-electron chi connectivity index (χ3n) is 12.8. The Balaban J connectivity index is 0.000000170. The van der Waals surface area contributed by atoms with Gasteiger partial charge < -0.3 is 50.5 Å². The largest absolute Gasteiger partial charge is 0.474 e. The first-order valence-electron chi connectivity index (χ1n) is 22.5. The smallest absolute Gasteiger partial charge is 0.413 e. The average Bonchev–Trinajstić information content (AvgIpc) is 4.00. The Morgan fingerprint density at radius 2 is 1.07 bits per heavy atom. The normalized spacial score (nSPS) is 19.3. The average molecular weight is 935 g/mol. The Labute approximate surface area is 389 Å². The first kappa shape index (κ1) is 45.8. The molecule has 2 amide bonds. The van der Waals surface area contributed by atoms with E-state index in [2.05, 4.69) is 41.2 Å². The van der Waals surface area contributed by atoms with Crippen LogP contribution in [0.4, 0.5) is 52.8 Å². The second-order valence-electron chi connectivity index (χ2n) is 16.9. The summed E-state index contributed by atoms with van der Waals surface area (Å²) in [7, 11) is 0. The number of ether oxygens (including phenoxy) is 6. The summed E-state index contributed by atoms with van der Waals surface area (Å²) in [6.45, 7) is 12.1. The number of hydrogen-bond acceptors (Lipinski definition) is 16. The highest BCUT2D eigenvalue weighted by atomic mass is 19.1. The lowest BCUT2D eigenvalue weighted by atomic mass is 9.97. The Hall–Kier alpha value is -7.32. The van der Waals surface area contributed by atoms with Crippen molar-refractivity contribution in [2.45, 2.75) is 52.7 Å². The molecule has 2 fully saturated rings. The Kier molecular flexibility index (Phi) is 13.1. The van der Waals surface area contributed by atoms with E-state index >= 15 is 8.78 Å². The molecule has 0 radical (unpaired) electrons. The van der Waals surface area contributed by atoms with Crippen LogP contribution < -0.4 is 42.2 Å². The number of rotatable bonds is 8. The number of hydrogen-bond donors (Lipinski definition) is 6. The molecule has 18 nitrogen and oxygen atoms in total. The van der Waals surface area contributed by atoms with E-state index in [0.29, 0.717) is 108 Å². The van der Waals surface area contributed by atoms with Crippen LogP contribution in [0, 0.1) is 37.3 Å². The molecule has 10 rings (SSSR count). The SMILES string of the molecule is CC[C@@H]1COC[C@H]1OC(=O)Nc1cc2cc(-c3cnc4c(c3C)NCCO4)c(F)c(N)c2cn1.CC[C@H]1COC[C@@H]1OC(=O)Nc1cc2cc(-c3cnc4c(c3C)NCCO4)c(F)c(N)c2cn1. The number of halogens is 2. The molecule has 4 aliphatic rings. The van der Waals surface area contributed by atoms with E-state index in [4.69, 9.17) is 39.9 Å². The van der Waals surface area contributed by atoms with Gasteiger partial charge in [-0.05, 0) is 72.9 Å². The lowest BCUT2D eigenvalue weighted by molar-refractivity contribution is 0.0811. The highest BCUT2D eigenvalue weighted by molar-refractivity contribution is 6.01. The summed E-state index contributed by atoms with van der Waals surface area (Å²) in [6.07, 6.45) is 5.94. The van der Waals surface area contributed by atoms with Crippen molar-refractivity contribution in [3.05, 3.63) is 71.8 Å². The van der Waals surface area contributed by atoms with Crippen LogP contribution in [0.15, 0.2) is 49.1 Å². The number of fused-ring (bicyclic) bond motifs is 4. The highest BCUT2D eigenvalue weighted by Gasteiger charge is 2.32. The van der Waals surface area contributed by atoms with Crippen molar-refractivity contribution < 1.29 is 46.8 Å². The standard InChI is InChI=1S/2C24H26FN5O4/c2*1-3-13-10-32-11-18(13)34-24(31)30-19-7-14-6-15(20(25)21(26)17(14)9-28-19)16-8-29-23-22(12(16)2)27-4-5-33-23/h2*6-9,13,18,27H,3-5,10-11,26H2,1-2H3,(H,28,30,31)/t2*13-,18-/m10/s1. The van der Waals surface area contributed by atoms with E-state index in [1.54, 1.807) is 36.7 Å². The van der Waals surface area contributed by atoms with Gasteiger partial charge in [-0.3, -0.25) is 10.6 Å².